The van der Waals surface area contributed by atoms with Crippen LogP contribution in [-0.4, -0.2) is 23.6 Å². The maximum atomic E-state index is 4.77. The maximum absolute atomic E-state index is 4.77. The van der Waals surface area contributed by atoms with Crippen molar-refractivity contribution in [2.24, 2.45) is 0 Å². The number of thiazole rings is 1. The fraction of sp³-hybridized carbons (Fsp3) is 0.786. The van der Waals surface area contributed by atoms with Crippen LogP contribution in [0.4, 0.5) is 5.13 Å². The molecule has 0 spiro atoms. The predicted octanol–water partition coefficient (Wildman–Crippen LogP) is 3.33. The molecule has 0 aliphatic heterocycles. The lowest BCUT2D eigenvalue weighted by molar-refractivity contribution is 0.591. The number of hydrogen-bond acceptors (Lipinski definition) is 4. The van der Waals surface area contributed by atoms with Gasteiger partial charge in [0.1, 0.15) is 0 Å². The van der Waals surface area contributed by atoms with Gasteiger partial charge in [0.05, 0.1) is 5.69 Å². The van der Waals surface area contributed by atoms with Gasteiger partial charge < -0.3 is 10.2 Å². The molecule has 2 rings (SSSR count). The zero-order valence-electron chi connectivity index (χ0n) is 12.0. The molecule has 1 N–H and O–H groups in total. The summed E-state index contributed by atoms with van der Waals surface area (Å²) in [4.78, 5) is 8.67. The van der Waals surface area contributed by atoms with Crippen LogP contribution in [0.5, 0.6) is 0 Å². The van der Waals surface area contributed by atoms with Crippen molar-refractivity contribution < 1.29 is 0 Å². The molecule has 0 amide bonds. The Morgan fingerprint density at radius 1 is 1.44 bits per heavy atom. The summed E-state index contributed by atoms with van der Waals surface area (Å²) >= 11 is 1.87. The van der Waals surface area contributed by atoms with Crippen molar-refractivity contribution in [1.82, 2.24) is 10.3 Å². The molecule has 1 aliphatic carbocycles. The second-order valence-electron chi connectivity index (χ2n) is 5.47. The first-order chi connectivity index (χ1) is 8.61. The monoisotopic (exact) mass is 267 g/mol. The van der Waals surface area contributed by atoms with Crippen molar-refractivity contribution in [2.75, 3.05) is 11.4 Å². The molecule has 102 valence electrons. The highest BCUT2D eigenvalue weighted by molar-refractivity contribution is 7.15. The molecule has 1 aromatic rings. The van der Waals surface area contributed by atoms with E-state index in [4.69, 9.17) is 4.98 Å². The predicted molar refractivity (Wildman–Crippen MR) is 79.5 cm³/mol. The summed E-state index contributed by atoms with van der Waals surface area (Å²) in [5, 5.41) is 4.72. The Kier molecular flexibility index (Phi) is 4.62. The summed E-state index contributed by atoms with van der Waals surface area (Å²) in [6.07, 6.45) is 3.89. The van der Waals surface area contributed by atoms with Crippen LogP contribution in [0.15, 0.2) is 0 Å². The van der Waals surface area contributed by atoms with Gasteiger partial charge in [0.2, 0.25) is 0 Å². The summed E-state index contributed by atoms with van der Waals surface area (Å²) in [6.45, 7) is 10.8. The Labute approximate surface area is 115 Å². The lowest BCUT2D eigenvalue weighted by Gasteiger charge is -2.20. The van der Waals surface area contributed by atoms with Crippen molar-refractivity contribution in [2.45, 2.75) is 65.6 Å². The minimum absolute atomic E-state index is 0.533. The van der Waals surface area contributed by atoms with Crippen molar-refractivity contribution in [3.05, 3.63) is 10.6 Å². The average molecular weight is 267 g/mol. The average Bonchev–Trinajstić information content (AvgIpc) is 3.08. The van der Waals surface area contributed by atoms with E-state index in [1.165, 1.54) is 35.0 Å². The quantitative estimate of drug-likeness (QED) is 0.821. The van der Waals surface area contributed by atoms with Crippen LogP contribution in [0.3, 0.4) is 0 Å². The van der Waals surface area contributed by atoms with Gasteiger partial charge in [0.15, 0.2) is 5.13 Å². The number of nitrogens with one attached hydrogen (secondary N) is 1. The van der Waals surface area contributed by atoms with Crippen LogP contribution in [0, 0.1) is 6.92 Å². The molecule has 1 heterocycles. The molecule has 0 radical (unpaired) electrons. The van der Waals surface area contributed by atoms with Gasteiger partial charge in [-0.1, -0.05) is 20.8 Å². The zero-order valence-corrected chi connectivity index (χ0v) is 12.8. The van der Waals surface area contributed by atoms with E-state index in [1.54, 1.807) is 0 Å². The molecule has 1 saturated carbocycles. The molecule has 0 aromatic carbocycles. The number of aromatic nitrogens is 1. The van der Waals surface area contributed by atoms with Crippen LogP contribution in [0.25, 0.3) is 0 Å². The van der Waals surface area contributed by atoms with Crippen LogP contribution in [-0.2, 0) is 6.54 Å². The third-order valence-electron chi connectivity index (χ3n) is 3.25. The normalized spacial score (nSPS) is 15.4. The van der Waals surface area contributed by atoms with Gasteiger partial charge in [-0.15, -0.1) is 11.3 Å². The smallest absolute Gasteiger partial charge is 0.186 e. The Morgan fingerprint density at radius 2 is 2.17 bits per heavy atom. The van der Waals surface area contributed by atoms with E-state index >= 15 is 0 Å². The minimum atomic E-state index is 0.533. The standard InChI is InChI=1S/C14H25N3S/c1-5-8-17(12-6-7-12)14-16-11(4)13(18-14)9-15-10(2)3/h10,12,15H,5-9H2,1-4H3. The molecular formula is C14H25N3S. The van der Waals surface area contributed by atoms with E-state index in [0.29, 0.717) is 6.04 Å². The van der Waals surface area contributed by atoms with Crippen molar-refractivity contribution in [3.8, 4) is 0 Å². The summed E-state index contributed by atoms with van der Waals surface area (Å²) in [5.41, 5.74) is 1.20. The summed E-state index contributed by atoms with van der Waals surface area (Å²) in [6, 6.07) is 1.30. The third kappa shape index (κ3) is 3.45. The number of anilines is 1. The van der Waals surface area contributed by atoms with Gasteiger partial charge in [-0.2, -0.15) is 0 Å². The van der Waals surface area contributed by atoms with Crippen LogP contribution in [0.2, 0.25) is 0 Å². The Bertz CT molecular complexity index is 382. The molecule has 0 unspecified atom stereocenters. The van der Waals surface area contributed by atoms with E-state index in [-0.39, 0.29) is 0 Å². The van der Waals surface area contributed by atoms with Gasteiger partial charge in [-0.25, -0.2) is 4.98 Å². The topological polar surface area (TPSA) is 28.2 Å². The molecular weight excluding hydrogens is 242 g/mol. The highest BCUT2D eigenvalue weighted by Crippen LogP contribution is 2.35. The van der Waals surface area contributed by atoms with E-state index < -0.39 is 0 Å². The van der Waals surface area contributed by atoms with Crippen LogP contribution < -0.4 is 10.2 Å². The first kappa shape index (κ1) is 13.8. The molecule has 18 heavy (non-hydrogen) atoms. The van der Waals surface area contributed by atoms with Gasteiger partial charge in [0.25, 0.3) is 0 Å². The lowest BCUT2D eigenvalue weighted by atomic mass is 10.3. The van der Waals surface area contributed by atoms with Gasteiger partial charge >= 0.3 is 0 Å². The van der Waals surface area contributed by atoms with Crippen molar-refractivity contribution in [3.63, 3.8) is 0 Å². The second kappa shape index (κ2) is 6.02. The SMILES string of the molecule is CCCN(c1nc(C)c(CNC(C)C)s1)C1CC1. The highest BCUT2D eigenvalue weighted by atomic mass is 32.1. The number of hydrogen-bond donors (Lipinski definition) is 1. The maximum Gasteiger partial charge on any atom is 0.186 e. The summed E-state index contributed by atoms with van der Waals surface area (Å²) in [5.74, 6) is 0. The van der Waals surface area contributed by atoms with Crippen LogP contribution >= 0.6 is 11.3 Å². The van der Waals surface area contributed by atoms with Crippen molar-refractivity contribution >= 4 is 16.5 Å². The Balaban J connectivity index is 2.06. The lowest BCUT2D eigenvalue weighted by Crippen LogP contribution is -2.26. The van der Waals surface area contributed by atoms with Crippen LogP contribution in [0.1, 0.15) is 50.6 Å². The Hall–Kier alpha value is -0.610. The molecule has 4 heteroatoms. The van der Waals surface area contributed by atoms with E-state index in [9.17, 15) is 0 Å². The summed E-state index contributed by atoms with van der Waals surface area (Å²) < 4.78 is 0. The zero-order chi connectivity index (χ0) is 13.1. The van der Waals surface area contributed by atoms with Crippen molar-refractivity contribution in [1.29, 1.82) is 0 Å². The first-order valence-corrected chi connectivity index (χ1v) is 7.89. The fourth-order valence-electron chi connectivity index (χ4n) is 2.06. The summed E-state index contributed by atoms with van der Waals surface area (Å²) in [7, 11) is 0. The number of aryl methyl sites for hydroxylation is 1. The molecule has 1 aliphatic rings. The molecule has 0 bridgehead atoms. The van der Waals surface area contributed by atoms with Gasteiger partial charge in [-0.3, -0.25) is 0 Å². The second-order valence-corrected chi connectivity index (χ2v) is 6.53. The Morgan fingerprint density at radius 3 is 2.72 bits per heavy atom. The third-order valence-corrected chi connectivity index (χ3v) is 4.44. The molecule has 0 atom stereocenters. The van der Waals surface area contributed by atoms with E-state index in [2.05, 4.69) is 37.9 Å². The fourth-order valence-corrected chi connectivity index (χ4v) is 3.17. The number of rotatable bonds is 7. The molecule has 1 fully saturated rings. The number of nitrogens with zero attached hydrogens (tertiary/aromatic N) is 2. The highest BCUT2D eigenvalue weighted by Gasteiger charge is 2.30. The van der Waals surface area contributed by atoms with Gasteiger partial charge in [-0.05, 0) is 26.2 Å². The van der Waals surface area contributed by atoms with E-state index in [0.717, 1.165) is 19.1 Å². The molecule has 3 nitrogen and oxygen atoms in total. The molecule has 1 aromatic heterocycles. The molecule has 0 saturated heterocycles. The van der Waals surface area contributed by atoms with Gasteiger partial charge in [0, 0.05) is 30.1 Å². The largest absolute Gasteiger partial charge is 0.345 e. The first-order valence-electron chi connectivity index (χ1n) is 7.08. The van der Waals surface area contributed by atoms with E-state index in [1.807, 2.05) is 11.3 Å². The minimum Gasteiger partial charge on any atom is -0.345 e.